The van der Waals surface area contributed by atoms with Crippen LogP contribution in [0.1, 0.15) is 16.1 Å². The number of nitrogens with one attached hydrogen (secondary N) is 1. The molecule has 29 heavy (non-hydrogen) atoms. The molecule has 1 N–H and O–H groups in total. The Bertz CT molecular complexity index is 1090. The minimum atomic E-state index is -0.611. The van der Waals surface area contributed by atoms with Crippen LogP contribution in [0.2, 0.25) is 0 Å². The Morgan fingerprint density at radius 2 is 1.90 bits per heavy atom. The Morgan fingerprint density at radius 1 is 1.10 bits per heavy atom. The van der Waals surface area contributed by atoms with Crippen LogP contribution >= 0.6 is 0 Å². The van der Waals surface area contributed by atoms with Crippen molar-refractivity contribution >= 4 is 11.7 Å². The third-order valence-corrected chi connectivity index (χ3v) is 4.97. The second kappa shape index (κ2) is 7.83. The highest BCUT2D eigenvalue weighted by Gasteiger charge is 2.24. The highest BCUT2D eigenvalue weighted by atomic mass is 19.1. The lowest BCUT2D eigenvalue weighted by Crippen LogP contribution is -2.49. The zero-order chi connectivity index (χ0) is 20.4. The first-order valence-corrected chi connectivity index (χ1v) is 9.34. The van der Waals surface area contributed by atoms with Gasteiger partial charge in [-0.3, -0.25) is 4.79 Å². The van der Waals surface area contributed by atoms with E-state index in [4.69, 9.17) is 0 Å². The highest BCUT2D eigenvalue weighted by Crippen LogP contribution is 2.20. The number of pyridine rings is 1. The SMILES string of the molecule is Cc1cc(-c2cc(C(=O)N3CCN(c4ccccn4)CC3)[nH]c(=O)n2)ccc1F. The summed E-state index contributed by atoms with van der Waals surface area (Å²) in [6, 6.07) is 11.8. The van der Waals surface area contributed by atoms with Crippen molar-refractivity contribution in [2.24, 2.45) is 0 Å². The average molecular weight is 393 g/mol. The number of nitrogens with zero attached hydrogens (tertiary/aromatic N) is 4. The molecule has 1 fully saturated rings. The molecule has 0 atom stereocenters. The molecule has 0 saturated carbocycles. The van der Waals surface area contributed by atoms with E-state index in [1.165, 1.54) is 6.07 Å². The predicted molar refractivity (Wildman–Crippen MR) is 107 cm³/mol. The molecule has 1 aliphatic heterocycles. The molecule has 3 aromatic rings. The van der Waals surface area contributed by atoms with Crippen molar-refractivity contribution in [2.45, 2.75) is 6.92 Å². The molecule has 1 aromatic carbocycles. The lowest BCUT2D eigenvalue weighted by molar-refractivity contribution is 0.0740. The fourth-order valence-electron chi connectivity index (χ4n) is 3.37. The number of hydrogen-bond donors (Lipinski definition) is 1. The fourth-order valence-corrected chi connectivity index (χ4v) is 3.37. The molecule has 3 heterocycles. The van der Waals surface area contributed by atoms with E-state index in [1.807, 2.05) is 18.2 Å². The number of piperazine rings is 1. The van der Waals surface area contributed by atoms with Gasteiger partial charge in [-0.25, -0.2) is 14.2 Å². The Balaban J connectivity index is 1.53. The van der Waals surface area contributed by atoms with Crippen LogP contribution in [0.3, 0.4) is 0 Å². The van der Waals surface area contributed by atoms with Gasteiger partial charge in [-0.1, -0.05) is 6.07 Å². The van der Waals surface area contributed by atoms with E-state index in [1.54, 1.807) is 36.2 Å². The smallest absolute Gasteiger partial charge is 0.346 e. The van der Waals surface area contributed by atoms with Crippen LogP contribution in [0.15, 0.2) is 53.5 Å². The van der Waals surface area contributed by atoms with Crippen LogP contribution in [0.5, 0.6) is 0 Å². The van der Waals surface area contributed by atoms with Gasteiger partial charge in [-0.05, 0) is 48.9 Å². The number of H-pyrrole nitrogens is 1. The number of halogens is 1. The van der Waals surface area contributed by atoms with Crippen LogP contribution in [-0.4, -0.2) is 51.9 Å². The lowest BCUT2D eigenvalue weighted by Gasteiger charge is -2.35. The van der Waals surface area contributed by atoms with Crippen LogP contribution < -0.4 is 10.6 Å². The van der Waals surface area contributed by atoms with Gasteiger partial charge in [-0.15, -0.1) is 0 Å². The van der Waals surface area contributed by atoms with Crippen molar-refractivity contribution in [3.63, 3.8) is 0 Å². The highest BCUT2D eigenvalue weighted by molar-refractivity contribution is 5.93. The number of anilines is 1. The monoisotopic (exact) mass is 393 g/mol. The maximum Gasteiger partial charge on any atom is 0.346 e. The molecule has 8 heteroatoms. The molecule has 7 nitrogen and oxygen atoms in total. The number of rotatable bonds is 3. The number of aromatic nitrogens is 3. The Hall–Kier alpha value is -3.55. The second-order valence-corrected chi connectivity index (χ2v) is 6.92. The topological polar surface area (TPSA) is 82.2 Å². The molecular formula is C21H20FN5O2. The van der Waals surface area contributed by atoms with Gasteiger partial charge in [0.25, 0.3) is 5.91 Å². The van der Waals surface area contributed by atoms with Crippen molar-refractivity contribution in [2.75, 3.05) is 31.1 Å². The first kappa shape index (κ1) is 18.8. The number of aryl methyl sites for hydroxylation is 1. The van der Waals surface area contributed by atoms with Crippen LogP contribution in [-0.2, 0) is 0 Å². The fraction of sp³-hybridized carbons (Fsp3) is 0.238. The number of hydrogen-bond acceptors (Lipinski definition) is 5. The van der Waals surface area contributed by atoms with Crippen LogP contribution in [0, 0.1) is 12.7 Å². The van der Waals surface area contributed by atoms with Crippen molar-refractivity contribution < 1.29 is 9.18 Å². The minimum Gasteiger partial charge on any atom is -0.353 e. The molecule has 2 aromatic heterocycles. The molecule has 4 rings (SSSR count). The molecule has 0 bridgehead atoms. The summed E-state index contributed by atoms with van der Waals surface area (Å²) in [6.07, 6.45) is 1.74. The number of amides is 1. The maximum absolute atomic E-state index is 13.5. The number of aromatic amines is 1. The Labute approximate surface area is 166 Å². The Morgan fingerprint density at radius 3 is 2.59 bits per heavy atom. The van der Waals surface area contributed by atoms with Gasteiger partial charge >= 0.3 is 5.69 Å². The molecule has 1 aliphatic rings. The van der Waals surface area contributed by atoms with Crippen molar-refractivity contribution in [1.29, 1.82) is 0 Å². The number of benzene rings is 1. The van der Waals surface area contributed by atoms with E-state index in [9.17, 15) is 14.0 Å². The number of carbonyl (C=O) groups is 1. The summed E-state index contributed by atoms with van der Waals surface area (Å²) in [4.78, 5) is 39.6. The molecule has 1 saturated heterocycles. The van der Waals surface area contributed by atoms with Crippen molar-refractivity contribution in [1.82, 2.24) is 19.9 Å². The summed E-state index contributed by atoms with van der Waals surface area (Å²) in [6.45, 7) is 3.98. The minimum absolute atomic E-state index is 0.174. The molecule has 0 unspecified atom stereocenters. The first-order valence-electron chi connectivity index (χ1n) is 9.34. The van der Waals surface area contributed by atoms with Gasteiger partial charge in [0.15, 0.2) is 0 Å². The van der Waals surface area contributed by atoms with Gasteiger partial charge in [-0.2, -0.15) is 4.98 Å². The van der Waals surface area contributed by atoms with Gasteiger partial charge in [0.05, 0.1) is 5.69 Å². The maximum atomic E-state index is 13.5. The number of carbonyl (C=O) groups excluding carboxylic acids is 1. The molecular weight excluding hydrogens is 373 g/mol. The third-order valence-electron chi connectivity index (χ3n) is 4.97. The average Bonchev–Trinajstić information content (AvgIpc) is 2.75. The summed E-state index contributed by atoms with van der Waals surface area (Å²) >= 11 is 0. The summed E-state index contributed by atoms with van der Waals surface area (Å²) in [5.74, 6) is 0.289. The predicted octanol–water partition coefficient (Wildman–Crippen LogP) is 2.24. The van der Waals surface area contributed by atoms with Gasteiger partial charge in [0, 0.05) is 37.9 Å². The van der Waals surface area contributed by atoms with Gasteiger partial charge < -0.3 is 14.8 Å². The normalized spacial score (nSPS) is 14.1. The molecule has 0 radical (unpaired) electrons. The van der Waals surface area contributed by atoms with E-state index in [-0.39, 0.29) is 17.4 Å². The molecule has 148 valence electrons. The summed E-state index contributed by atoms with van der Waals surface area (Å²) in [5.41, 5.74) is 0.938. The second-order valence-electron chi connectivity index (χ2n) is 6.92. The van der Waals surface area contributed by atoms with Crippen LogP contribution in [0.25, 0.3) is 11.3 Å². The van der Waals surface area contributed by atoms with E-state index in [0.717, 1.165) is 5.82 Å². The van der Waals surface area contributed by atoms with Crippen molar-refractivity contribution in [3.05, 3.63) is 76.2 Å². The molecule has 1 amide bonds. The van der Waals surface area contributed by atoms with Crippen LogP contribution in [0.4, 0.5) is 10.2 Å². The van der Waals surface area contributed by atoms with Crippen molar-refractivity contribution in [3.8, 4) is 11.3 Å². The first-order chi connectivity index (χ1) is 14.0. The van der Waals surface area contributed by atoms with E-state index in [0.29, 0.717) is 43.0 Å². The van der Waals surface area contributed by atoms with E-state index < -0.39 is 5.69 Å². The van der Waals surface area contributed by atoms with Gasteiger partial charge in [0.1, 0.15) is 17.3 Å². The largest absolute Gasteiger partial charge is 0.353 e. The van der Waals surface area contributed by atoms with Gasteiger partial charge in [0.2, 0.25) is 0 Å². The van der Waals surface area contributed by atoms with E-state index in [2.05, 4.69) is 19.9 Å². The summed E-state index contributed by atoms with van der Waals surface area (Å²) < 4.78 is 13.5. The Kier molecular flexibility index (Phi) is 5.07. The standard InChI is InChI=1S/C21H20FN5O2/c1-14-12-15(5-6-16(14)22)17-13-18(25-21(29)24-17)20(28)27-10-8-26(9-11-27)19-4-2-3-7-23-19/h2-7,12-13H,8-11H2,1H3,(H,24,25,29). The zero-order valence-electron chi connectivity index (χ0n) is 15.9. The lowest BCUT2D eigenvalue weighted by atomic mass is 10.1. The molecule has 0 aliphatic carbocycles. The van der Waals surface area contributed by atoms with E-state index >= 15 is 0 Å². The quantitative estimate of drug-likeness (QED) is 0.738. The summed E-state index contributed by atoms with van der Waals surface area (Å²) in [5, 5.41) is 0. The third kappa shape index (κ3) is 4.01. The zero-order valence-corrected chi connectivity index (χ0v) is 15.9. The molecule has 0 spiro atoms. The summed E-state index contributed by atoms with van der Waals surface area (Å²) in [7, 11) is 0.